The van der Waals surface area contributed by atoms with Crippen LogP contribution in [0.1, 0.15) is 31.2 Å². The van der Waals surface area contributed by atoms with Crippen LogP contribution in [0.5, 0.6) is 0 Å². The zero-order valence-electron chi connectivity index (χ0n) is 10.3. The topological polar surface area (TPSA) is 61.2 Å². The van der Waals surface area contributed by atoms with Gasteiger partial charge in [-0.05, 0) is 31.0 Å². The highest BCUT2D eigenvalue weighted by Gasteiger charge is 2.32. The van der Waals surface area contributed by atoms with E-state index in [-0.39, 0.29) is 5.25 Å². The molecule has 1 saturated carbocycles. The Morgan fingerprint density at radius 2 is 2.00 bits per heavy atom. The van der Waals surface area contributed by atoms with Gasteiger partial charge < -0.3 is 0 Å². The summed E-state index contributed by atoms with van der Waals surface area (Å²) in [5, 5.41) is 8.57. The monoisotopic (exact) mass is 264 g/mol. The van der Waals surface area contributed by atoms with Crippen molar-refractivity contribution in [3.05, 3.63) is 29.8 Å². The first-order valence-corrected chi connectivity index (χ1v) is 7.54. The van der Waals surface area contributed by atoms with Crippen molar-refractivity contribution in [2.24, 2.45) is 0 Å². The van der Waals surface area contributed by atoms with Crippen molar-refractivity contribution in [1.29, 1.82) is 5.26 Å². The SMILES string of the molecule is CN(c1cccc(C#N)c1)S(=O)(=O)C1CCCC1. The molecule has 2 rings (SSSR count). The molecule has 0 heterocycles. The van der Waals surface area contributed by atoms with Crippen molar-refractivity contribution >= 4 is 15.7 Å². The van der Waals surface area contributed by atoms with Gasteiger partial charge in [-0.2, -0.15) is 5.26 Å². The van der Waals surface area contributed by atoms with E-state index in [1.165, 1.54) is 4.31 Å². The van der Waals surface area contributed by atoms with Crippen LogP contribution < -0.4 is 4.31 Å². The van der Waals surface area contributed by atoms with Gasteiger partial charge in [0.2, 0.25) is 10.0 Å². The normalized spacial score (nSPS) is 16.4. The van der Waals surface area contributed by atoms with Gasteiger partial charge in [-0.25, -0.2) is 8.42 Å². The molecular weight excluding hydrogens is 248 g/mol. The summed E-state index contributed by atoms with van der Waals surface area (Å²) in [6.45, 7) is 0. The van der Waals surface area contributed by atoms with Gasteiger partial charge in [-0.3, -0.25) is 4.31 Å². The van der Waals surface area contributed by atoms with E-state index in [2.05, 4.69) is 0 Å². The lowest BCUT2D eigenvalue weighted by Gasteiger charge is -2.23. The highest BCUT2D eigenvalue weighted by atomic mass is 32.2. The third kappa shape index (κ3) is 2.34. The summed E-state index contributed by atoms with van der Waals surface area (Å²) < 4.78 is 26.1. The average molecular weight is 264 g/mol. The molecule has 96 valence electrons. The average Bonchev–Trinajstić information content (AvgIpc) is 2.92. The summed E-state index contributed by atoms with van der Waals surface area (Å²) in [4.78, 5) is 0. The molecule has 0 bridgehead atoms. The Balaban J connectivity index is 2.30. The molecule has 0 aliphatic heterocycles. The van der Waals surface area contributed by atoms with Crippen LogP contribution in [0, 0.1) is 11.3 Å². The lowest BCUT2D eigenvalue weighted by atomic mass is 10.2. The van der Waals surface area contributed by atoms with Gasteiger partial charge in [0.15, 0.2) is 0 Å². The van der Waals surface area contributed by atoms with Crippen molar-refractivity contribution in [3.63, 3.8) is 0 Å². The number of anilines is 1. The molecule has 0 atom stereocenters. The molecule has 4 nitrogen and oxygen atoms in total. The van der Waals surface area contributed by atoms with Gasteiger partial charge in [-0.1, -0.05) is 18.9 Å². The smallest absolute Gasteiger partial charge is 0.237 e. The summed E-state index contributed by atoms with van der Waals surface area (Å²) in [6, 6.07) is 8.71. The number of nitrogens with zero attached hydrogens (tertiary/aromatic N) is 2. The molecule has 1 fully saturated rings. The Kier molecular flexibility index (Phi) is 3.58. The molecule has 1 aliphatic rings. The van der Waals surface area contributed by atoms with E-state index in [4.69, 9.17) is 5.26 Å². The quantitative estimate of drug-likeness (QED) is 0.841. The van der Waals surface area contributed by atoms with Gasteiger partial charge in [0.25, 0.3) is 0 Å². The van der Waals surface area contributed by atoms with Gasteiger partial charge in [0.1, 0.15) is 0 Å². The number of hydrogen-bond donors (Lipinski definition) is 0. The summed E-state index contributed by atoms with van der Waals surface area (Å²) in [5.74, 6) is 0. The van der Waals surface area contributed by atoms with Crippen LogP contribution in [0.2, 0.25) is 0 Å². The zero-order chi connectivity index (χ0) is 13.2. The fraction of sp³-hybridized carbons (Fsp3) is 0.462. The molecule has 0 radical (unpaired) electrons. The van der Waals surface area contributed by atoms with E-state index in [1.54, 1.807) is 31.3 Å². The Morgan fingerprint density at radius 1 is 1.33 bits per heavy atom. The Morgan fingerprint density at radius 3 is 2.61 bits per heavy atom. The standard InChI is InChI=1S/C13H16N2O2S/c1-15(12-6-4-5-11(9-12)10-14)18(16,17)13-7-2-3-8-13/h4-6,9,13H,2-3,7-8H2,1H3. The van der Waals surface area contributed by atoms with Crippen molar-refractivity contribution in [2.45, 2.75) is 30.9 Å². The van der Waals surface area contributed by atoms with Crippen LogP contribution in [0.4, 0.5) is 5.69 Å². The maximum absolute atomic E-state index is 12.4. The molecule has 5 heteroatoms. The van der Waals surface area contributed by atoms with E-state index in [0.29, 0.717) is 11.3 Å². The van der Waals surface area contributed by atoms with E-state index >= 15 is 0 Å². The van der Waals surface area contributed by atoms with Crippen molar-refractivity contribution in [3.8, 4) is 6.07 Å². The fourth-order valence-electron chi connectivity index (χ4n) is 2.33. The minimum absolute atomic E-state index is 0.270. The second kappa shape index (κ2) is 4.99. The van der Waals surface area contributed by atoms with Crippen LogP contribution in [-0.2, 0) is 10.0 Å². The Hall–Kier alpha value is -1.54. The van der Waals surface area contributed by atoms with E-state index in [9.17, 15) is 8.42 Å². The summed E-state index contributed by atoms with van der Waals surface area (Å²) in [5.41, 5.74) is 1.03. The van der Waals surface area contributed by atoms with Crippen LogP contribution in [0.3, 0.4) is 0 Å². The molecule has 0 amide bonds. The summed E-state index contributed by atoms with van der Waals surface area (Å²) in [6.07, 6.45) is 3.45. The maximum Gasteiger partial charge on any atom is 0.237 e. The van der Waals surface area contributed by atoms with Crippen molar-refractivity contribution < 1.29 is 8.42 Å². The van der Waals surface area contributed by atoms with Crippen LogP contribution in [0.25, 0.3) is 0 Å². The van der Waals surface area contributed by atoms with Gasteiger partial charge in [0, 0.05) is 7.05 Å². The third-order valence-electron chi connectivity index (χ3n) is 3.44. The fourth-order valence-corrected chi connectivity index (χ4v) is 4.11. The lowest BCUT2D eigenvalue weighted by molar-refractivity contribution is 0.578. The molecule has 0 spiro atoms. The predicted molar refractivity (Wildman–Crippen MR) is 70.7 cm³/mol. The molecule has 18 heavy (non-hydrogen) atoms. The van der Waals surface area contributed by atoms with Gasteiger partial charge in [0.05, 0.1) is 22.6 Å². The Labute approximate surface area is 108 Å². The molecule has 1 aliphatic carbocycles. The van der Waals surface area contributed by atoms with Crippen LogP contribution in [-0.4, -0.2) is 20.7 Å². The van der Waals surface area contributed by atoms with Gasteiger partial charge >= 0.3 is 0 Å². The Bertz CT molecular complexity index is 569. The largest absolute Gasteiger partial charge is 0.273 e. The molecule has 0 saturated heterocycles. The maximum atomic E-state index is 12.4. The second-order valence-electron chi connectivity index (χ2n) is 4.58. The molecule has 1 aromatic rings. The number of rotatable bonds is 3. The number of benzene rings is 1. The predicted octanol–water partition coefficient (Wildman–Crippen LogP) is 2.27. The first-order chi connectivity index (χ1) is 8.55. The third-order valence-corrected chi connectivity index (χ3v) is 5.73. The van der Waals surface area contributed by atoms with E-state index in [1.807, 2.05) is 6.07 Å². The van der Waals surface area contributed by atoms with E-state index < -0.39 is 10.0 Å². The first-order valence-electron chi connectivity index (χ1n) is 6.03. The minimum Gasteiger partial charge on any atom is -0.273 e. The highest BCUT2D eigenvalue weighted by molar-refractivity contribution is 7.93. The zero-order valence-corrected chi connectivity index (χ0v) is 11.2. The summed E-state index contributed by atoms with van der Waals surface area (Å²) in [7, 11) is -1.73. The molecule has 1 aromatic carbocycles. The second-order valence-corrected chi connectivity index (χ2v) is 6.83. The molecule has 0 aromatic heterocycles. The number of nitriles is 1. The number of hydrogen-bond acceptors (Lipinski definition) is 3. The lowest BCUT2D eigenvalue weighted by Crippen LogP contribution is -2.34. The highest BCUT2D eigenvalue weighted by Crippen LogP contribution is 2.29. The van der Waals surface area contributed by atoms with Gasteiger partial charge in [-0.15, -0.1) is 0 Å². The molecule has 0 unspecified atom stereocenters. The van der Waals surface area contributed by atoms with E-state index in [0.717, 1.165) is 25.7 Å². The van der Waals surface area contributed by atoms with Crippen molar-refractivity contribution in [1.82, 2.24) is 0 Å². The molecule has 0 N–H and O–H groups in total. The van der Waals surface area contributed by atoms with Crippen LogP contribution >= 0.6 is 0 Å². The molecular formula is C13H16N2O2S. The van der Waals surface area contributed by atoms with Crippen molar-refractivity contribution in [2.75, 3.05) is 11.4 Å². The van der Waals surface area contributed by atoms with Crippen LogP contribution in [0.15, 0.2) is 24.3 Å². The number of sulfonamides is 1. The minimum atomic E-state index is -3.29. The summed E-state index contributed by atoms with van der Waals surface area (Å²) >= 11 is 0. The first kappa shape index (κ1) is 12.9.